The molecule has 0 spiro atoms. The highest BCUT2D eigenvalue weighted by atomic mass is 35.5. The first kappa shape index (κ1) is 28.7. The summed E-state index contributed by atoms with van der Waals surface area (Å²) < 4.78 is 31.3. The monoisotopic (exact) mass is 543 g/mol. The number of nitrogens with zero attached hydrogens (tertiary/aromatic N) is 2. The second-order valence-electron chi connectivity index (χ2n) is 8.22. The minimum atomic E-state index is -3.82. The van der Waals surface area contributed by atoms with Crippen molar-refractivity contribution >= 4 is 50.7 Å². The van der Waals surface area contributed by atoms with Crippen LogP contribution in [-0.4, -0.2) is 57.1 Å². The fraction of sp³-hybridized carbons (Fsp3) is 0.417. The van der Waals surface area contributed by atoms with E-state index in [2.05, 4.69) is 5.32 Å². The van der Waals surface area contributed by atoms with E-state index in [0.29, 0.717) is 27.0 Å². The minimum absolute atomic E-state index is 0.00978. The molecular formula is C24H31Cl2N3O5S. The van der Waals surface area contributed by atoms with Gasteiger partial charge in [-0.3, -0.25) is 13.9 Å². The van der Waals surface area contributed by atoms with Crippen LogP contribution >= 0.6 is 23.2 Å². The first-order valence-electron chi connectivity index (χ1n) is 11.0. The highest BCUT2D eigenvalue weighted by Crippen LogP contribution is 2.25. The van der Waals surface area contributed by atoms with Gasteiger partial charge in [0.15, 0.2) is 0 Å². The maximum Gasteiger partial charge on any atom is 0.244 e. The lowest BCUT2D eigenvalue weighted by Gasteiger charge is -2.32. The van der Waals surface area contributed by atoms with Crippen LogP contribution in [0.4, 0.5) is 5.69 Å². The lowest BCUT2D eigenvalue weighted by molar-refractivity contribution is -0.139. The van der Waals surface area contributed by atoms with E-state index < -0.39 is 28.5 Å². The predicted octanol–water partition coefficient (Wildman–Crippen LogP) is 4.10. The zero-order valence-electron chi connectivity index (χ0n) is 20.4. The Hall–Kier alpha value is -2.49. The lowest BCUT2D eigenvalue weighted by Crippen LogP contribution is -2.52. The lowest BCUT2D eigenvalue weighted by atomic mass is 10.1. The van der Waals surface area contributed by atoms with Crippen LogP contribution in [-0.2, 0) is 26.2 Å². The second-order valence-corrected chi connectivity index (χ2v) is 11.0. The molecule has 2 aromatic carbocycles. The topological polar surface area (TPSA) is 96.0 Å². The molecule has 0 aliphatic rings. The zero-order valence-corrected chi connectivity index (χ0v) is 22.7. The number of carbonyl (C=O) groups excluding carboxylic acids is 2. The third-order valence-electron chi connectivity index (χ3n) is 5.56. The largest absolute Gasteiger partial charge is 0.497 e. The maximum absolute atomic E-state index is 13.5. The van der Waals surface area contributed by atoms with Gasteiger partial charge in [0.2, 0.25) is 21.8 Å². The van der Waals surface area contributed by atoms with Gasteiger partial charge in [0.05, 0.1) is 19.1 Å². The fourth-order valence-corrected chi connectivity index (χ4v) is 4.56. The Morgan fingerprint density at radius 3 is 2.23 bits per heavy atom. The number of halogens is 2. The van der Waals surface area contributed by atoms with E-state index in [0.717, 1.165) is 17.0 Å². The van der Waals surface area contributed by atoms with Crippen molar-refractivity contribution in [2.75, 3.05) is 24.2 Å². The Kier molecular flexibility index (Phi) is 10.2. The summed E-state index contributed by atoms with van der Waals surface area (Å²) in [6.45, 7) is 4.88. The Morgan fingerprint density at radius 1 is 1.09 bits per heavy atom. The van der Waals surface area contributed by atoms with Crippen molar-refractivity contribution in [2.24, 2.45) is 0 Å². The molecule has 0 heterocycles. The summed E-state index contributed by atoms with van der Waals surface area (Å²) in [5.41, 5.74) is 0.866. The molecule has 2 rings (SSSR count). The highest BCUT2D eigenvalue weighted by Gasteiger charge is 2.30. The van der Waals surface area contributed by atoms with Crippen LogP contribution in [0.5, 0.6) is 5.75 Å². The Bertz CT molecular complexity index is 1140. The molecule has 0 radical (unpaired) electrons. The smallest absolute Gasteiger partial charge is 0.244 e. The van der Waals surface area contributed by atoms with E-state index in [-0.39, 0.29) is 18.5 Å². The summed E-state index contributed by atoms with van der Waals surface area (Å²) in [5.74, 6) is -0.375. The average molecular weight is 545 g/mol. The van der Waals surface area contributed by atoms with Crippen LogP contribution < -0.4 is 14.4 Å². The summed E-state index contributed by atoms with van der Waals surface area (Å²) in [6, 6.07) is 10.2. The normalized spacial score (nSPS) is 13.0. The fourth-order valence-electron chi connectivity index (χ4n) is 3.24. The van der Waals surface area contributed by atoms with Crippen molar-refractivity contribution in [1.82, 2.24) is 10.2 Å². The quantitative estimate of drug-likeness (QED) is 0.460. The van der Waals surface area contributed by atoms with Crippen LogP contribution in [0.25, 0.3) is 0 Å². The number of nitrogens with one attached hydrogen (secondary N) is 1. The van der Waals surface area contributed by atoms with Gasteiger partial charge in [-0.15, -0.1) is 0 Å². The molecule has 0 aromatic heterocycles. The molecule has 11 heteroatoms. The third kappa shape index (κ3) is 8.02. The van der Waals surface area contributed by atoms with E-state index in [1.165, 1.54) is 12.0 Å². The number of hydrogen-bond acceptors (Lipinski definition) is 5. The summed E-state index contributed by atoms with van der Waals surface area (Å²) >= 11 is 12.3. The van der Waals surface area contributed by atoms with Crippen molar-refractivity contribution in [2.45, 2.75) is 45.8 Å². The molecule has 0 saturated heterocycles. The molecule has 2 atom stereocenters. The van der Waals surface area contributed by atoms with Crippen LogP contribution in [0, 0.1) is 0 Å². The molecule has 0 bridgehead atoms. The average Bonchev–Trinajstić information content (AvgIpc) is 2.80. The molecule has 8 nitrogen and oxygen atoms in total. The van der Waals surface area contributed by atoms with E-state index in [1.54, 1.807) is 49.4 Å². The van der Waals surface area contributed by atoms with Gasteiger partial charge in [0, 0.05) is 22.6 Å². The number of ether oxygens (including phenoxy) is 1. The van der Waals surface area contributed by atoms with E-state index >= 15 is 0 Å². The first-order valence-corrected chi connectivity index (χ1v) is 13.6. The standard InChI is InChI=1S/C24H31Cl2N3O5S/c1-6-16(2)27-24(31)17(3)28(14-18-7-8-19(25)13-22(18)26)23(30)15-29(35(5,32)33)20-9-11-21(34-4)12-10-20/h7-13,16-17H,6,14-15H2,1-5H3,(H,27,31)/t16-,17-/m0/s1. The van der Waals surface area contributed by atoms with Crippen LogP contribution in [0.15, 0.2) is 42.5 Å². The van der Waals surface area contributed by atoms with Gasteiger partial charge in [0.25, 0.3) is 0 Å². The number of sulfonamides is 1. The van der Waals surface area contributed by atoms with Crippen molar-refractivity contribution < 1.29 is 22.7 Å². The van der Waals surface area contributed by atoms with Gasteiger partial charge < -0.3 is 15.0 Å². The van der Waals surface area contributed by atoms with Gasteiger partial charge in [-0.2, -0.15) is 0 Å². The van der Waals surface area contributed by atoms with Crippen molar-refractivity contribution in [3.63, 3.8) is 0 Å². The van der Waals surface area contributed by atoms with Crippen molar-refractivity contribution in [3.8, 4) is 5.75 Å². The number of methoxy groups -OCH3 is 1. The molecule has 0 saturated carbocycles. The van der Waals surface area contributed by atoms with Crippen LogP contribution in [0.2, 0.25) is 10.0 Å². The SMILES string of the molecule is CC[C@H](C)NC(=O)[C@H](C)N(Cc1ccc(Cl)cc1Cl)C(=O)CN(c1ccc(OC)cc1)S(C)(=O)=O. The Morgan fingerprint density at radius 2 is 1.71 bits per heavy atom. The third-order valence-corrected chi connectivity index (χ3v) is 7.29. The number of anilines is 1. The number of benzene rings is 2. The summed E-state index contributed by atoms with van der Waals surface area (Å²) in [5, 5.41) is 3.64. The summed E-state index contributed by atoms with van der Waals surface area (Å²) in [4.78, 5) is 27.7. The Balaban J connectivity index is 2.41. The van der Waals surface area contributed by atoms with Gasteiger partial charge in [0.1, 0.15) is 18.3 Å². The number of amides is 2. The molecule has 0 aliphatic carbocycles. The van der Waals surface area contributed by atoms with Crippen LogP contribution in [0.3, 0.4) is 0 Å². The summed E-state index contributed by atoms with van der Waals surface area (Å²) in [7, 11) is -2.32. The van der Waals surface area contributed by atoms with Crippen molar-refractivity contribution in [1.29, 1.82) is 0 Å². The van der Waals surface area contributed by atoms with E-state index in [9.17, 15) is 18.0 Å². The molecule has 192 valence electrons. The minimum Gasteiger partial charge on any atom is -0.497 e. The number of rotatable bonds is 11. The molecule has 1 N–H and O–H groups in total. The Labute approximate surface area is 217 Å². The number of carbonyl (C=O) groups is 2. The number of hydrogen-bond donors (Lipinski definition) is 1. The molecular weight excluding hydrogens is 513 g/mol. The van der Waals surface area contributed by atoms with Gasteiger partial charge >= 0.3 is 0 Å². The van der Waals surface area contributed by atoms with Gasteiger partial charge in [-0.1, -0.05) is 36.2 Å². The maximum atomic E-state index is 13.5. The molecule has 0 unspecified atom stereocenters. The van der Waals surface area contributed by atoms with Crippen LogP contribution in [0.1, 0.15) is 32.8 Å². The van der Waals surface area contributed by atoms with E-state index in [1.807, 2.05) is 13.8 Å². The second kappa shape index (κ2) is 12.5. The molecule has 2 amide bonds. The summed E-state index contributed by atoms with van der Waals surface area (Å²) in [6.07, 6.45) is 1.73. The molecule has 2 aromatic rings. The molecule has 0 fully saturated rings. The van der Waals surface area contributed by atoms with E-state index in [4.69, 9.17) is 27.9 Å². The molecule has 0 aliphatic heterocycles. The van der Waals surface area contributed by atoms with Gasteiger partial charge in [-0.25, -0.2) is 8.42 Å². The predicted molar refractivity (Wildman–Crippen MR) is 140 cm³/mol. The zero-order chi connectivity index (χ0) is 26.3. The van der Waals surface area contributed by atoms with Gasteiger partial charge in [-0.05, 0) is 62.2 Å². The first-order chi connectivity index (χ1) is 16.4. The molecule has 35 heavy (non-hydrogen) atoms. The van der Waals surface area contributed by atoms with Crippen molar-refractivity contribution in [3.05, 3.63) is 58.1 Å². The highest BCUT2D eigenvalue weighted by molar-refractivity contribution is 7.92.